The van der Waals surface area contributed by atoms with Crippen molar-refractivity contribution in [1.82, 2.24) is 4.90 Å². The zero-order valence-corrected chi connectivity index (χ0v) is 10.5. The number of benzene rings is 1. The topological polar surface area (TPSA) is 57.6 Å². The van der Waals surface area contributed by atoms with Crippen molar-refractivity contribution in [2.24, 2.45) is 0 Å². The average Bonchev–Trinajstić information content (AvgIpc) is 2.37. The summed E-state index contributed by atoms with van der Waals surface area (Å²) >= 11 is 0. The molecule has 100 valence electrons. The van der Waals surface area contributed by atoms with Crippen molar-refractivity contribution < 1.29 is 19.1 Å². The highest BCUT2D eigenvalue weighted by Gasteiger charge is 2.20. The summed E-state index contributed by atoms with van der Waals surface area (Å²) in [5.41, 5.74) is 1.04. The third-order valence-corrected chi connectivity index (χ3v) is 2.97. The lowest BCUT2D eigenvalue weighted by molar-refractivity contribution is 0.0696. The van der Waals surface area contributed by atoms with Crippen molar-refractivity contribution in [3.8, 4) is 0 Å². The van der Waals surface area contributed by atoms with E-state index in [1.54, 1.807) is 13.0 Å². The van der Waals surface area contributed by atoms with Crippen LogP contribution in [0.3, 0.4) is 0 Å². The minimum atomic E-state index is -1.08. The van der Waals surface area contributed by atoms with Crippen LogP contribution in [-0.4, -0.2) is 35.0 Å². The Labute approximate surface area is 110 Å². The molecule has 5 heteroatoms. The van der Waals surface area contributed by atoms with Crippen LogP contribution in [0.4, 0.5) is 4.39 Å². The van der Waals surface area contributed by atoms with Crippen LogP contribution in [0.5, 0.6) is 0 Å². The number of carbonyl (C=O) groups is 2. The number of rotatable bonds is 2. The molecule has 0 unspecified atom stereocenters. The van der Waals surface area contributed by atoms with E-state index >= 15 is 0 Å². The van der Waals surface area contributed by atoms with Crippen molar-refractivity contribution in [2.45, 2.75) is 13.3 Å². The highest BCUT2D eigenvalue weighted by Crippen LogP contribution is 2.16. The third-order valence-electron chi connectivity index (χ3n) is 2.97. The number of aryl methyl sites for hydroxylation is 1. The van der Waals surface area contributed by atoms with Crippen LogP contribution >= 0.6 is 0 Å². The van der Waals surface area contributed by atoms with E-state index in [4.69, 9.17) is 5.11 Å². The molecule has 1 aromatic rings. The summed E-state index contributed by atoms with van der Waals surface area (Å²) in [6, 6.07) is 4.44. The summed E-state index contributed by atoms with van der Waals surface area (Å²) in [6.07, 6.45) is 1.94. The van der Waals surface area contributed by atoms with Gasteiger partial charge in [-0.3, -0.25) is 4.79 Å². The highest BCUT2D eigenvalue weighted by molar-refractivity contribution is 5.98. The van der Waals surface area contributed by atoms with Gasteiger partial charge in [0.15, 0.2) is 0 Å². The van der Waals surface area contributed by atoms with Crippen molar-refractivity contribution in [3.05, 3.63) is 46.8 Å². The normalized spacial score (nSPS) is 15.1. The highest BCUT2D eigenvalue weighted by atomic mass is 19.1. The van der Waals surface area contributed by atoms with Crippen LogP contribution in [0.1, 0.15) is 32.7 Å². The lowest BCUT2D eigenvalue weighted by Crippen LogP contribution is -2.35. The monoisotopic (exact) mass is 263 g/mol. The van der Waals surface area contributed by atoms with Crippen molar-refractivity contribution in [1.29, 1.82) is 0 Å². The molecule has 19 heavy (non-hydrogen) atoms. The Morgan fingerprint density at radius 1 is 1.26 bits per heavy atom. The number of carboxylic acids is 1. The molecule has 1 heterocycles. The number of hydrogen-bond donors (Lipinski definition) is 1. The molecule has 0 radical (unpaired) electrons. The van der Waals surface area contributed by atoms with Gasteiger partial charge in [-0.25, -0.2) is 9.18 Å². The Morgan fingerprint density at radius 2 is 1.95 bits per heavy atom. The fraction of sp³-hybridized carbons (Fsp3) is 0.286. The number of hydrogen-bond acceptors (Lipinski definition) is 2. The molecule has 1 amide bonds. The van der Waals surface area contributed by atoms with Gasteiger partial charge in [0.2, 0.25) is 0 Å². The quantitative estimate of drug-likeness (QED) is 0.891. The second-order valence-corrected chi connectivity index (χ2v) is 4.56. The van der Waals surface area contributed by atoms with E-state index in [9.17, 15) is 14.0 Å². The summed E-state index contributed by atoms with van der Waals surface area (Å²) in [4.78, 5) is 24.6. The Bertz CT molecular complexity index is 566. The lowest BCUT2D eigenvalue weighted by atomic mass is 10.0. The van der Waals surface area contributed by atoms with E-state index in [1.807, 2.05) is 0 Å². The van der Waals surface area contributed by atoms with Crippen molar-refractivity contribution >= 4 is 11.9 Å². The van der Waals surface area contributed by atoms with Gasteiger partial charge in [0.05, 0.1) is 12.1 Å². The van der Waals surface area contributed by atoms with Crippen molar-refractivity contribution in [3.63, 3.8) is 0 Å². The molecule has 1 aliphatic heterocycles. The number of aromatic carboxylic acids is 1. The zero-order valence-electron chi connectivity index (χ0n) is 10.5. The molecule has 0 saturated heterocycles. The first-order chi connectivity index (χ1) is 8.97. The van der Waals surface area contributed by atoms with E-state index in [1.165, 1.54) is 23.1 Å². The van der Waals surface area contributed by atoms with Gasteiger partial charge < -0.3 is 10.0 Å². The van der Waals surface area contributed by atoms with Crippen LogP contribution in [0, 0.1) is 6.92 Å². The van der Waals surface area contributed by atoms with Crippen molar-refractivity contribution in [2.75, 3.05) is 13.1 Å². The number of carboxylic acid groups (broad SMARTS) is 1. The summed E-state index contributed by atoms with van der Waals surface area (Å²) in [6.45, 7) is 2.12. The van der Waals surface area contributed by atoms with Gasteiger partial charge >= 0.3 is 5.97 Å². The summed E-state index contributed by atoms with van der Waals surface area (Å²) < 4.78 is 13.2. The molecule has 0 spiro atoms. The minimum absolute atomic E-state index is 0.0464. The molecular formula is C14H14FNO3. The molecule has 1 N–H and O–H groups in total. The van der Waals surface area contributed by atoms with Crippen LogP contribution in [-0.2, 0) is 0 Å². The van der Waals surface area contributed by atoms with E-state index in [0.717, 1.165) is 0 Å². The Hall–Kier alpha value is -2.17. The molecule has 0 saturated carbocycles. The van der Waals surface area contributed by atoms with Gasteiger partial charge in [0.1, 0.15) is 5.83 Å². The average molecular weight is 263 g/mol. The Balaban J connectivity index is 2.28. The summed E-state index contributed by atoms with van der Waals surface area (Å²) in [7, 11) is 0. The van der Waals surface area contributed by atoms with Crippen LogP contribution in [0.15, 0.2) is 30.1 Å². The smallest absolute Gasteiger partial charge is 0.335 e. The maximum Gasteiger partial charge on any atom is 0.335 e. The fourth-order valence-electron chi connectivity index (χ4n) is 2.09. The van der Waals surface area contributed by atoms with Gasteiger partial charge in [-0.05, 0) is 43.2 Å². The molecule has 0 aliphatic carbocycles. The molecule has 0 atom stereocenters. The predicted molar refractivity (Wildman–Crippen MR) is 67.8 cm³/mol. The SMILES string of the molecule is Cc1cc(C(=O)O)cc(C(=O)N2CCC=C(F)C2)c1. The molecular weight excluding hydrogens is 249 g/mol. The maximum absolute atomic E-state index is 13.2. The largest absolute Gasteiger partial charge is 0.478 e. The lowest BCUT2D eigenvalue weighted by Gasteiger charge is -2.24. The summed E-state index contributed by atoms with van der Waals surface area (Å²) in [5, 5.41) is 8.97. The Kier molecular flexibility index (Phi) is 3.64. The minimum Gasteiger partial charge on any atom is -0.478 e. The first-order valence-corrected chi connectivity index (χ1v) is 5.96. The second-order valence-electron chi connectivity index (χ2n) is 4.56. The van der Waals surface area contributed by atoms with E-state index in [0.29, 0.717) is 18.5 Å². The van der Waals surface area contributed by atoms with Gasteiger partial charge in [-0.2, -0.15) is 0 Å². The van der Waals surface area contributed by atoms with E-state index < -0.39 is 5.97 Å². The number of halogens is 1. The van der Waals surface area contributed by atoms with Crippen LogP contribution in [0.2, 0.25) is 0 Å². The standard InChI is InChI=1S/C14H14FNO3/c1-9-5-10(7-11(6-9)14(18)19)13(17)16-4-2-3-12(15)8-16/h3,5-7H,2,4,8H2,1H3,(H,18,19). The third kappa shape index (κ3) is 2.99. The number of nitrogens with zero attached hydrogens (tertiary/aromatic N) is 1. The molecule has 0 aromatic heterocycles. The second kappa shape index (κ2) is 5.22. The molecule has 0 fully saturated rings. The molecule has 1 aliphatic rings. The zero-order chi connectivity index (χ0) is 14.0. The first-order valence-electron chi connectivity index (χ1n) is 5.96. The molecule has 1 aromatic carbocycles. The molecule has 2 rings (SSSR count). The van der Waals surface area contributed by atoms with Gasteiger partial charge in [-0.1, -0.05) is 0 Å². The van der Waals surface area contributed by atoms with Gasteiger partial charge in [-0.15, -0.1) is 0 Å². The van der Waals surface area contributed by atoms with Crippen LogP contribution < -0.4 is 0 Å². The van der Waals surface area contributed by atoms with E-state index in [-0.39, 0.29) is 29.4 Å². The number of amides is 1. The van der Waals surface area contributed by atoms with Gasteiger partial charge in [0.25, 0.3) is 5.91 Å². The number of carbonyl (C=O) groups excluding carboxylic acids is 1. The van der Waals surface area contributed by atoms with Gasteiger partial charge in [0, 0.05) is 12.1 Å². The van der Waals surface area contributed by atoms with E-state index in [2.05, 4.69) is 0 Å². The Morgan fingerprint density at radius 3 is 2.58 bits per heavy atom. The van der Waals surface area contributed by atoms with Crippen LogP contribution in [0.25, 0.3) is 0 Å². The molecule has 0 bridgehead atoms. The fourth-order valence-corrected chi connectivity index (χ4v) is 2.09. The molecule has 4 nitrogen and oxygen atoms in total. The maximum atomic E-state index is 13.2. The predicted octanol–water partition coefficient (Wildman–Crippen LogP) is 2.39. The first kappa shape index (κ1) is 13.3. The summed E-state index contributed by atoms with van der Waals surface area (Å²) in [5.74, 6) is -1.75.